The molecule has 1 aromatic heterocycles. The first-order chi connectivity index (χ1) is 11.6. The first-order valence-electron chi connectivity index (χ1n) is 8.93. The van der Waals surface area contributed by atoms with Crippen LogP contribution in [0.1, 0.15) is 62.4 Å². The summed E-state index contributed by atoms with van der Waals surface area (Å²) in [6.45, 7) is 11.1. The Morgan fingerprint density at radius 2 is 2.20 bits per heavy atom. The molecule has 2 rings (SSSR count). The molecule has 1 aliphatic rings. The molecule has 0 radical (unpaired) electrons. The summed E-state index contributed by atoms with van der Waals surface area (Å²) in [6.07, 6.45) is 1.37. The molecule has 0 aliphatic carbocycles. The Kier molecular flexibility index (Phi) is 5.97. The number of primary amides is 1. The van der Waals surface area contributed by atoms with Gasteiger partial charge in [-0.25, -0.2) is 0 Å². The van der Waals surface area contributed by atoms with E-state index in [1.165, 1.54) is 0 Å². The molecule has 3 N–H and O–H groups in total. The number of aliphatic hydroxyl groups is 1. The fourth-order valence-corrected chi connectivity index (χ4v) is 3.58. The summed E-state index contributed by atoms with van der Waals surface area (Å²) in [5.74, 6) is 0.616. The second kappa shape index (κ2) is 7.48. The van der Waals surface area contributed by atoms with Gasteiger partial charge in [-0.15, -0.1) is 0 Å². The first-order valence-corrected chi connectivity index (χ1v) is 8.93. The number of hydrogen-bond donors (Lipinski definition) is 2. The highest BCUT2D eigenvalue weighted by molar-refractivity contribution is 5.90. The molecular formula is C19H32N2O4. The zero-order valence-electron chi connectivity index (χ0n) is 16.1. The van der Waals surface area contributed by atoms with Crippen molar-refractivity contribution in [3.05, 3.63) is 23.2 Å². The lowest BCUT2D eigenvalue weighted by atomic mass is 9.79. The van der Waals surface area contributed by atoms with Crippen LogP contribution in [0.3, 0.4) is 0 Å². The lowest BCUT2D eigenvalue weighted by Crippen LogP contribution is -2.51. The number of carbonyl (C=O) groups is 1. The SMILES string of the molecule is COCC[C@]1(O)CCN(Cc2cc(C(N)=O)oc2C(C)(C)C)C[C@H]1C. The van der Waals surface area contributed by atoms with Gasteiger partial charge in [-0.05, 0) is 24.8 Å². The van der Waals surface area contributed by atoms with E-state index in [1.807, 2.05) is 0 Å². The minimum absolute atomic E-state index is 0.150. The molecule has 0 unspecified atom stereocenters. The van der Waals surface area contributed by atoms with E-state index in [2.05, 4.69) is 32.6 Å². The lowest BCUT2D eigenvalue weighted by molar-refractivity contribution is -0.0828. The summed E-state index contributed by atoms with van der Waals surface area (Å²) < 4.78 is 10.9. The van der Waals surface area contributed by atoms with Crippen LogP contribution >= 0.6 is 0 Å². The van der Waals surface area contributed by atoms with Crippen molar-refractivity contribution in [2.75, 3.05) is 26.8 Å². The van der Waals surface area contributed by atoms with Crippen molar-refractivity contribution in [3.8, 4) is 0 Å². The van der Waals surface area contributed by atoms with Gasteiger partial charge in [-0.1, -0.05) is 27.7 Å². The Labute approximate surface area is 150 Å². The predicted octanol–water partition coefficient (Wildman–Crippen LogP) is 2.29. The van der Waals surface area contributed by atoms with Crippen LogP contribution in [0, 0.1) is 5.92 Å². The topological polar surface area (TPSA) is 88.9 Å². The van der Waals surface area contributed by atoms with Crippen molar-refractivity contribution in [2.45, 2.75) is 58.1 Å². The van der Waals surface area contributed by atoms with Crippen LogP contribution in [0.5, 0.6) is 0 Å². The van der Waals surface area contributed by atoms with Crippen LogP contribution in [0.2, 0.25) is 0 Å². The maximum atomic E-state index is 11.5. The van der Waals surface area contributed by atoms with Crippen LogP contribution < -0.4 is 5.73 Å². The van der Waals surface area contributed by atoms with Gasteiger partial charge in [0, 0.05) is 44.3 Å². The molecule has 0 spiro atoms. The molecule has 25 heavy (non-hydrogen) atoms. The number of hydrogen-bond acceptors (Lipinski definition) is 5. The van der Waals surface area contributed by atoms with Gasteiger partial charge in [0.05, 0.1) is 5.60 Å². The Bertz CT molecular complexity index is 605. The molecule has 0 saturated carbocycles. The standard InChI is InChI=1S/C19H32N2O4/c1-13-11-21(8-6-19(13,23)7-9-24-5)12-14-10-15(17(20)22)25-16(14)18(2,3)4/h10,13,23H,6-9,11-12H2,1-5H3,(H2,20,22)/t13-,19-/m1/s1. The zero-order valence-corrected chi connectivity index (χ0v) is 16.1. The summed E-state index contributed by atoms with van der Waals surface area (Å²) in [4.78, 5) is 13.8. The molecule has 6 nitrogen and oxygen atoms in total. The molecule has 142 valence electrons. The van der Waals surface area contributed by atoms with Crippen LogP contribution in [-0.2, 0) is 16.7 Å². The molecule has 0 aromatic carbocycles. The summed E-state index contributed by atoms with van der Waals surface area (Å²) in [5, 5.41) is 10.8. The summed E-state index contributed by atoms with van der Waals surface area (Å²) >= 11 is 0. The number of rotatable bonds is 6. The summed E-state index contributed by atoms with van der Waals surface area (Å²) in [6, 6.07) is 1.76. The largest absolute Gasteiger partial charge is 0.455 e. The second-order valence-electron chi connectivity index (χ2n) is 8.31. The fourth-order valence-electron chi connectivity index (χ4n) is 3.58. The smallest absolute Gasteiger partial charge is 0.284 e. The van der Waals surface area contributed by atoms with Gasteiger partial charge in [0.15, 0.2) is 5.76 Å². The zero-order chi connectivity index (χ0) is 18.8. The molecule has 6 heteroatoms. The Morgan fingerprint density at radius 1 is 1.52 bits per heavy atom. The van der Waals surface area contributed by atoms with Gasteiger partial charge in [-0.2, -0.15) is 0 Å². The number of amides is 1. The number of ether oxygens (including phenoxy) is 1. The predicted molar refractivity (Wildman–Crippen MR) is 96.4 cm³/mol. The van der Waals surface area contributed by atoms with E-state index in [4.69, 9.17) is 14.9 Å². The fraction of sp³-hybridized carbons (Fsp3) is 0.737. The van der Waals surface area contributed by atoms with Gasteiger partial charge < -0.3 is 20.0 Å². The molecular weight excluding hydrogens is 320 g/mol. The van der Waals surface area contributed by atoms with Gasteiger partial charge in [-0.3, -0.25) is 9.69 Å². The van der Waals surface area contributed by atoms with Crippen molar-refractivity contribution in [1.82, 2.24) is 4.90 Å². The molecule has 1 aliphatic heterocycles. The normalized spacial score (nSPS) is 25.3. The van der Waals surface area contributed by atoms with E-state index < -0.39 is 11.5 Å². The van der Waals surface area contributed by atoms with E-state index >= 15 is 0 Å². The van der Waals surface area contributed by atoms with Crippen molar-refractivity contribution in [1.29, 1.82) is 0 Å². The quantitative estimate of drug-likeness (QED) is 0.820. The van der Waals surface area contributed by atoms with Gasteiger partial charge in [0.1, 0.15) is 5.76 Å². The first kappa shape index (κ1) is 19.9. The number of nitrogens with two attached hydrogens (primary N) is 1. The minimum Gasteiger partial charge on any atom is -0.455 e. The third kappa shape index (κ3) is 4.63. The summed E-state index contributed by atoms with van der Waals surface area (Å²) in [5.41, 5.74) is 5.50. The highest BCUT2D eigenvalue weighted by atomic mass is 16.5. The van der Waals surface area contributed by atoms with Crippen molar-refractivity contribution < 1.29 is 19.1 Å². The van der Waals surface area contributed by atoms with Crippen molar-refractivity contribution in [2.24, 2.45) is 11.7 Å². The molecule has 1 saturated heterocycles. The maximum absolute atomic E-state index is 11.5. The number of piperidine rings is 1. The molecule has 1 fully saturated rings. The van der Waals surface area contributed by atoms with E-state index in [1.54, 1.807) is 13.2 Å². The van der Waals surface area contributed by atoms with E-state index in [-0.39, 0.29) is 17.1 Å². The highest BCUT2D eigenvalue weighted by Crippen LogP contribution is 2.34. The number of furan rings is 1. The third-order valence-corrected chi connectivity index (χ3v) is 5.18. The second-order valence-corrected chi connectivity index (χ2v) is 8.31. The monoisotopic (exact) mass is 352 g/mol. The van der Waals surface area contributed by atoms with Crippen LogP contribution in [0.15, 0.2) is 10.5 Å². The Hall–Kier alpha value is -1.37. The number of nitrogens with zero attached hydrogens (tertiary/aromatic N) is 1. The lowest BCUT2D eigenvalue weighted by Gasteiger charge is -2.43. The van der Waals surface area contributed by atoms with Gasteiger partial charge >= 0.3 is 0 Å². The Morgan fingerprint density at radius 3 is 2.72 bits per heavy atom. The molecule has 1 amide bonds. The van der Waals surface area contributed by atoms with Crippen molar-refractivity contribution in [3.63, 3.8) is 0 Å². The maximum Gasteiger partial charge on any atom is 0.284 e. The third-order valence-electron chi connectivity index (χ3n) is 5.18. The number of carbonyl (C=O) groups excluding carboxylic acids is 1. The van der Waals surface area contributed by atoms with E-state index in [9.17, 15) is 9.90 Å². The summed E-state index contributed by atoms with van der Waals surface area (Å²) in [7, 11) is 1.66. The molecule has 0 bridgehead atoms. The van der Waals surface area contributed by atoms with Crippen LogP contribution in [0.4, 0.5) is 0 Å². The van der Waals surface area contributed by atoms with Gasteiger partial charge in [0.25, 0.3) is 5.91 Å². The molecule has 2 atom stereocenters. The van der Waals surface area contributed by atoms with Crippen LogP contribution in [0.25, 0.3) is 0 Å². The number of methoxy groups -OCH3 is 1. The average molecular weight is 352 g/mol. The number of likely N-dealkylation sites (tertiary alicyclic amines) is 1. The van der Waals surface area contributed by atoms with Crippen molar-refractivity contribution >= 4 is 5.91 Å². The van der Waals surface area contributed by atoms with E-state index in [0.29, 0.717) is 26.0 Å². The van der Waals surface area contributed by atoms with Gasteiger partial charge in [0.2, 0.25) is 0 Å². The highest BCUT2D eigenvalue weighted by Gasteiger charge is 2.39. The van der Waals surface area contributed by atoms with Crippen LogP contribution in [-0.4, -0.2) is 48.3 Å². The Balaban J connectivity index is 2.12. The molecule has 1 aromatic rings. The minimum atomic E-state index is -0.672. The van der Waals surface area contributed by atoms with E-state index in [0.717, 1.165) is 24.4 Å². The molecule has 2 heterocycles. The average Bonchev–Trinajstić information content (AvgIpc) is 2.94.